The quantitative estimate of drug-likeness (QED) is 0.897. The van der Waals surface area contributed by atoms with Gasteiger partial charge in [0, 0.05) is 17.2 Å². The standard InChI is InChI=1S/C12H19N5O/c1-6-18-11-9(5)8(4)10-14-15-12(13-7(2)3)17(10)16-11/h7H,6H2,1-5H3,(H,13,15). The van der Waals surface area contributed by atoms with Crippen molar-refractivity contribution in [1.82, 2.24) is 19.8 Å². The Morgan fingerprint density at radius 1 is 1.22 bits per heavy atom. The van der Waals surface area contributed by atoms with Crippen LogP contribution in [-0.4, -0.2) is 32.5 Å². The number of ether oxygens (including phenoxy) is 1. The Labute approximate surface area is 106 Å². The molecule has 0 aliphatic carbocycles. The van der Waals surface area contributed by atoms with Crippen molar-refractivity contribution in [3.63, 3.8) is 0 Å². The average molecular weight is 249 g/mol. The lowest BCUT2D eigenvalue weighted by Crippen LogP contribution is -2.14. The van der Waals surface area contributed by atoms with Crippen LogP contribution in [0.15, 0.2) is 0 Å². The molecule has 2 aromatic rings. The summed E-state index contributed by atoms with van der Waals surface area (Å²) >= 11 is 0. The Balaban J connectivity index is 2.58. The van der Waals surface area contributed by atoms with Gasteiger partial charge < -0.3 is 10.1 Å². The zero-order valence-electron chi connectivity index (χ0n) is 11.5. The van der Waals surface area contributed by atoms with Gasteiger partial charge in [0.15, 0.2) is 5.65 Å². The molecule has 0 atom stereocenters. The van der Waals surface area contributed by atoms with Crippen LogP contribution < -0.4 is 10.1 Å². The highest BCUT2D eigenvalue weighted by atomic mass is 16.5. The fraction of sp³-hybridized carbons (Fsp3) is 0.583. The van der Waals surface area contributed by atoms with E-state index in [9.17, 15) is 0 Å². The van der Waals surface area contributed by atoms with Gasteiger partial charge in [0.25, 0.3) is 0 Å². The van der Waals surface area contributed by atoms with E-state index in [1.807, 2.05) is 34.6 Å². The van der Waals surface area contributed by atoms with Gasteiger partial charge in [0.05, 0.1) is 6.61 Å². The smallest absolute Gasteiger partial charge is 0.246 e. The van der Waals surface area contributed by atoms with E-state index in [0.717, 1.165) is 16.8 Å². The molecule has 0 fully saturated rings. The maximum atomic E-state index is 5.54. The van der Waals surface area contributed by atoms with E-state index in [0.29, 0.717) is 18.4 Å². The minimum atomic E-state index is 0.274. The first kappa shape index (κ1) is 12.6. The molecule has 0 aliphatic rings. The van der Waals surface area contributed by atoms with E-state index in [1.54, 1.807) is 4.52 Å². The van der Waals surface area contributed by atoms with Crippen LogP contribution in [-0.2, 0) is 0 Å². The summed E-state index contributed by atoms with van der Waals surface area (Å²) in [6, 6.07) is 0.274. The average Bonchev–Trinajstić information content (AvgIpc) is 2.68. The summed E-state index contributed by atoms with van der Waals surface area (Å²) in [5.41, 5.74) is 2.81. The number of aryl methyl sites for hydroxylation is 1. The summed E-state index contributed by atoms with van der Waals surface area (Å²) in [5, 5.41) is 15.9. The number of anilines is 1. The number of hydrogen-bond donors (Lipinski definition) is 1. The first-order chi connectivity index (χ1) is 8.54. The molecule has 0 aliphatic heterocycles. The SMILES string of the molecule is CCOc1nn2c(NC(C)C)nnc2c(C)c1C. The van der Waals surface area contributed by atoms with Crippen LogP contribution in [0, 0.1) is 13.8 Å². The van der Waals surface area contributed by atoms with Crippen molar-refractivity contribution in [2.45, 2.75) is 40.7 Å². The molecule has 0 saturated carbocycles. The predicted molar refractivity (Wildman–Crippen MR) is 70.2 cm³/mol. The van der Waals surface area contributed by atoms with Gasteiger partial charge >= 0.3 is 0 Å². The fourth-order valence-corrected chi connectivity index (χ4v) is 1.72. The van der Waals surface area contributed by atoms with E-state index in [4.69, 9.17) is 4.74 Å². The minimum absolute atomic E-state index is 0.274. The number of nitrogens with zero attached hydrogens (tertiary/aromatic N) is 4. The Morgan fingerprint density at radius 3 is 2.56 bits per heavy atom. The van der Waals surface area contributed by atoms with Crippen LogP contribution in [0.1, 0.15) is 31.9 Å². The van der Waals surface area contributed by atoms with Gasteiger partial charge in [-0.1, -0.05) is 0 Å². The Hall–Kier alpha value is -1.85. The number of aromatic nitrogens is 4. The van der Waals surface area contributed by atoms with Crippen LogP contribution in [0.25, 0.3) is 5.65 Å². The van der Waals surface area contributed by atoms with E-state index < -0.39 is 0 Å². The zero-order chi connectivity index (χ0) is 13.3. The summed E-state index contributed by atoms with van der Waals surface area (Å²) in [5.74, 6) is 1.28. The lowest BCUT2D eigenvalue weighted by atomic mass is 10.2. The van der Waals surface area contributed by atoms with Gasteiger partial charge in [-0.15, -0.1) is 15.3 Å². The predicted octanol–water partition coefficient (Wildman–Crippen LogP) is 1.96. The van der Waals surface area contributed by atoms with Gasteiger partial charge in [0.1, 0.15) is 0 Å². The largest absolute Gasteiger partial charge is 0.477 e. The summed E-state index contributed by atoms with van der Waals surface area (Å²) in [7, 11) is 0. The highest BCUT2D eigenvalue weighted by Gasteiger charge is 2.15. The molecule has 1 N–H and O–H groups in total. The first-order valence-electron chi connectivity index (χ1n) is 6.16. The molecule has 0 unspecified atom stereocenters. The molecule has 2 heterocycles. The third-order valence-corrected chi connectivity index (χ3v) is 2.75. The van der Waals surface area contributed by atoms with Crippen LogP contribution in [0.4, 0.5) is 5.95 Å². The molecule has 0 aromatic carbocycles. The van der Waals surface area contributed by atoms with Crippen molar-refractivity contribution in [3.8, 4) is 5.88 Å². The minimum Gasteiger partial charge on any atom is -0.477 e. The van der Waals surface area contributed by atoms with Crippen LogP contribution >= 0.6 is 0 Å². The third kappa shape index (κ3) is 2.10. The van der Waals surface area contributed by atoms with Gasteiger partial charge in [0.2, 0.25) is 11.8 Å². The van der Waals surface area contributed by atoms with Crippen molar-refractivity contribution in [2.24, 2.45) is 0 Å². The fourth-order valence-electron chi connectivity index (χ4n) is 1.72. The molecule has 0 radical (unpaired) electrons. The second-order valence-corrected chi connectivity index (χ2v) is 4.55. The number of rotatable bonds is 4. The Morgan fingerprint density at radius 2 is 1.94 bits per heavy atom. The van der Waals surface area contributed by atoms with E-state index in [1.165, 1.54) is 0 Å². The topological polar surface area (TPSA) is 64.3 Å². The maximum absolute atomic E-state index is 5.54. The van der Waals surface area contributed by atoms with Gasteiger partial charge in [-0.3, -0.25) is 0 Å². The first-order valence-corrected chi connectivity index (χ1v) is 6.16. The van der Waals surface area contributed by atoms with Crippen LogP contribution in [0.3, 0.4) is 0 Å². The summed E-state index contributed by atoms with van der Waals surface area (Å²) in [4.78, 5) is 0. The summed E-state index contributed by atoms with van der Waals surface area (Å²) in [6.07, 6.45) is 0. The highest BCUT2D eigenvalue weighted by Crippen LogP contribution is 2.22. The third-order valence-electron chi connectivity index (χ3n) is 2.75. The normalized spacial score (nSPS) is 11.2. The van der Waals surface area contributed by atoms with E-state index in [-0.39, 0.29) is 6.04 Å². The van der Waals surface area contributed by atoms with Crippen molar-refractivity contribution < 1.29 is 4.74 Å². The van der Waals surface area contributed by atoms with Gasteiger partial charge in [-0.05, 0) is 34.6 Å². The van der Waals surface area contributed by atoms with Crippen molar-refractivity contribution >= 4 is 11.6 Å². The lowest BCUT2D eigenvalue weighted by molar-refractivity contribution is 0.318. The molecule has 98 valence electrons. The molecular formula is C12H19N5O. The van der Waals surface area contributed by atoms with Crippen LogP contribution in [0.2, 0.25) is 0 Å². The van der Waals surface area contributed by atoms with Crippen LogP contribution in [0.5, 0.6) is 5.88 Å². The van der Waals surface area contributed by atoms with Crippen molar-refractivity contribution in [1.29, 1.82) is 0 Å². The molecule has 0 bridgehead atoms. The van der Waals surface area contributed by atoms with E-state index >= 15 is 0 Å². The molecule has 6 heteroatoms. The number of hydrogen-bond acceptors (Lipinski definition) is 5. The Kier molecular flexibility index (Phi) is 3.36. The van der Waals surface area contributed by atoms with Gasteiger partial charge in [-0.25, -0.2) is 0 Å². The Bertz CT molecular complexity index is 561. The second-order valence-electron chi connectivity index (χ2n) is 4.55. The molecule has 0 amide bonds. The molecule has 0 saturated heterocycles. The lowest BCUT2D eigenvalue weighted by Gasteiger charge is -2.11. The molecule has 2 aromatic heterocycles. The molecular weight excluding hydrogens is 230 g/mol. The molecule has 6 nitrogen and oxygen atoms in total. The molecule has 18 heavy (non-hydrogen) atoms. The van der Waals surface area contributed by atoms with Crippen molar-refractivity contribution in [3.05, 3.63) is 11.1 Å². The van der Waals surface area contributed by atoms with Crippen molar-refractivity contribution in [2.75, 3.05) is 11.9 Å². The maximum Gasteiger partial charge on any atom is 0.246 e. The summed E-state index contributed by atoms with van der Waals surface area (Å²) in [6.45, 7) is 10.6. The van der Waals surface area contributed by atoms with Gasteiger partial charge in [-0.2, -0.15) is 4.52 Å². The highest BCUT2D eigenvalue weighted by molar-refractivity contribution is 5.55. The molecule has 0 spiro atoms. The monoisotopic (exact) mass is 249 g/mol. The molecule has 2 rings (SSSR count). The summed E-state index contributed by atoms with van der Waals surface area (Å²) < 4.78 is 7.24. The number of fused-ring (bicyclic) bond motifs is 1. The van der Waals surface area contributed by atoms with E-state index in [2.05, 4.69) is 20.6 Å². The second kappa shape index (κ2) is 4.80. The number of nitrogens with one attached hydrogen (secondary N) is 1. The zero-order valence-corrected chi connectivity index (χ0v) is 11.5.